The van der Waals surface area contributed by atoms with E-state index in [1.807, 2.05) is 66.2 Å². The third-order valence-electron chi connectivity index (χ3n) is 5.89. The van der Waals surface area contributed by atoms with Gasteiger partial charge in [0.2, 0.25) is 5.95 Å². The molecule has 0 bridgehead atoms. The van der Waals surface area contributed by atoms with Gasteiger partial charge < -0.3 is 24.6 Å². The summed E-state index contributed by atoms with van der Waals surface area (Å²) in [6, 6.07) is 15.6. The lowest BCUT2D eigenvalue weighted by Crippen LogP contribution is -2.38. The lowest BCUT2D eigenvalue weighted by Gasteiger charge is -2.32. The molecule has 9 nitrogen and oxygen atoms in total. The molecule has 2 aromatic heterocycles. The normalized spacial score (nSPS) is 15.0. The van der Waals surface area contributed by atoms with Gasteiger partial charge >= 0.3 is 6.09 Å². The van der Waals surface area contributed by atoms with Crippen molar-refractivity contribution in [1.29, 1.82) is 0 Å². The Kier molecular flexibility index (Phi) is 5.59. The van der Waals surface area contributed by atoms with Crippen LogP contribution >= 0.6 is 0 Å². The van der Waals surface area contributed by atoms with E-state index < -0.39 is 6.09 Å². The van der Waals surface area contributed by atoms with Crippen LogP contribution in [-0.2, 0) is 6.54 Å². The fraction of sp³-hybridized carbons (Fsp3) is 0.200. The minimum absolute atomic E-state index is 0.175. The Labute approximate surface area is 196 Å². The number of amides is 1. The number of nitrogens with one attached hydrogen (secondary N) is 1. The van der Waals surface area contributed by atoms with Crippen molar-refractivity contribution in [3.8, 4) is 11.4 Å². The summed E-state index contributed by atoms with van der Waals surface area (Å²) >= 11 is 0. The van der Waals surface area contributed by atoms with Gasteiger partial charge in [-0.05, 0) is 24.6 Å². The fourth-order valence-electron chi connectivity index (χ4n) is 4.23. The zero-order valence-corrected chi connectivity index (χ0v) is 18.8. The van der Waals surface area contributed by atoms with Gasteiger partial charge in [-0.25, -0.2) is 19.7 Å². The summed E-state index contributed by atoms with van der Waals surface area (Å²) in [5.41, 5.74) is 5.21. The van der Waals surface area contributed by atoms with Crippen molar-refractivity contribution >= 4 is 17.7 Å². The van der Waals surface area contributed by atoms with Crippen LogP contribution in [0, 0.1) is 6.92 Å². The predicted octanol–water partition coefficient (Wildman–Crippen LogP) is 4.35. The molecule has 1 aliphatic heterocycles. The highest BCUT2D eigenvalue weighted by Crippen LogP contribution is 2.33. The molecule has 3 heterocycles. The van der Waals surface area contributed by atoms with E-state index in [0.717, 1.165) is 33.9 Å². The molecule has 0 fully saturated rings. The summed E-state index contributed by atoms with van der Waals surface area (Å²) in [6.07, 6.45) is 4.43. The Morgan fingerprint density at radius 1 is 1.18 bits per heavy atom. The molecular weight excluding hydrogens is 432 g/mol. The van der Waals surface area contributed by atoms with Crippen LogP contribution in [0.25, 0.3) is 5.69 Å². The number of benzene rings is 2. The van der Waals surface area contributed by atoms with Gasteiger partial charge in [0.1, 0.15) is 5.75 Å². The minimum atomic E-state index is -0.950. The molecule has 0 saturated heterocycles. The number of hydrogen-bond acceptors (Lipinski definition) is 6. The Hall–Kier alpha value is -4.40. The lowest BCUT2D eigenvalue weighted by molar-refractivity contribution is 0.136. The SMILES string of the molecule is COc1cc(Nc2ncc3c(n2)C(c2ccccc2)CN(C(=O)O)C3)ccc1-n1cnc(C)c1. The zero-order valence-electron chi connectivity index (χ0n) is 18.8. The van der Waals surface area contributed by atoms with Gasteiger partial charge in [-0.1, -0.05) is 30.3 Å². The molecule has 2 aromatic carbocycles. The molecule has 0 spiro atoms. The van der Waals surface area contributed by atoms with Crippen molar-refractivity contribution in [2.75, 3.05) is 19.0 Å². The number of ether oxygens (including phenoxy) is 1. The highest BCUT2D eigenvalue weighted by Gasteiger charge is 2.31. The van der Waals surface area contributed by atoms with Crippen molar-refractivity contribution in [2.24, 2.45) is 0 Å². The minimum Gasteiger partial charge on any atom is -0.494 e. The molecule has 1 atom stereocenters. The summed E-state index contributed by atoms with van der Waals surface area (Å²) < 4.78 is 7.51. The van der Waals surface area contributed by atoms with E-state index in [9.17, 15) is 9.90 Å². The van der Waals surface area contributed by atoms with E-state index in [-0.39, 0.29) is 12.5 Å². The molecule has 0 saturated carbocycles. The second-order valence-electron chi connectivity index (χ2n) is 8.16. The molecule has 0 radical (unpaired) electrons. The Balaban J connectivity index is 1.47. The maximum Gasteiger partial charge on any atom is 0.407 e. The number of anilines is 2. The van der Waals surface area contributed by atoms with E-state index in [2.05, 4.69) is 15.3 Å². The maximum atomic E-state index is 11.7. The highest BCUT2D eigenvalue weighted by molar-refractivity contribution is 5.66. The topological polar surface area (TPSA) is 105 Å². The van der Waals surface area contributed by atoms with Crippen LogP contribution in [0.1, 0.15) is 28.4 Å². The number of rotatable bonds is 5. The Morgan fingerprint density at radius 2 is 2.00 bits per heavy atom. The van der Waals surface area contributed by atoms with Crippen LogP contribution in [0.15, 0.2) is 67.3 Å². The summed E-state index contributed by atoms with van der Waals surface area (Å²) in [5.74, 6) is 0.947. The van der Waals surface area contributed by atoms with Crippen molar-refractivity contribution in [1.82, 2.24) is 24.4 Å². The first kappa shape index (κ1) is 21.4. The molecule has 172 valence electrons. The molecule has 1 unspecified atom stereocenters. The zero-order chi connectivity index (χ0) is 23.7. The van der Waals surface area contributed by atoms with E-state index in [1.54, 1.807) is 19.6 Å². The number of methoxy groups -OCH3 is 1. The van der Waals surface area contributed by atoms with Crippen LogP contribution in [0.3, 0.4) is 0 Å². The standard InChI is InChI=1S/C25H24N6O3/c1-16-12-31(15-27-16)21-9-8-19(10-22(21)34-2)28-24-26-11-18-13-30(25(32)33)14-20(23(18)29-24)17-6-4-3-5-7-17/h3-12,15,20H,13-14H2,1-2H3,(H,32,33)(H,26,28,29). The van der Waals surface area contributed by atoms with Crippen molar-refractivity contribution in [2.45, 2.75) is 19.4 Å². The molecule has 2 N–H and O–H groups in total. The Bertz CT molecular complexity index is 1340. The van der Waals surface area contributed by atoms with Crippen LogP contribution in [-0.4, -0.2) is 49.3 Å². The molecule has 4 aromatic rings. The number of aromatic nitrogens is 4. The lowest BCUT2D eigenvalue weighted by atomic mass is 9.89. The average Bonchev–Trinajstić information content (AvgIpc) is 3.29. The maximum absolute atomic E-state index is 11.7. The molecular formula is C25H24N6O3. The number of nitrogens with zero attached hydrogens (tertiary/aromatic N) is 5. The molecule has 1 aliphatic rings. The summed E-state index contributed by atoms with van der Waals surface area (Å²) in [6.45, 7) is 2.54. The molecule has 9 heteroatoms. The molecule has 5 rings (SSSR count). The molecule has 34 heavy (non-hydrogen) atoms. The smallest absolute Gasteiger partial charge is 0.407 e. The largest absolute Gasteiger partial charge is 0.494 e. The summed E-state index contributed by atoms with van der Waals surface area (Å²) in [5, 5.41) is 12.9. The number of aryl methyl sites for hydroxylation is 1. The van der Waals surface area contributed by atoms with Crippen LogP contribution in [0.2, 0.25) is 0 Å². The van der Waals surface area contributed by atoms with Crippen LogP contribution < -0.4 is 10.1 Å². The van der Waals surface area contributed by atoms with E-state index >= 15 is 0 Å². The Morgan fingerprint density at radius 3 is 2.71 bits per heavy atom. The third-order valence-corrected chi connectivity index (χ3v) is 5.89. The van der Waals surface area contributed by atoms with E-state index in [1.165, 1.54) is 4.90 Å². The number of carbonyl (C=O) groups is 1. The summed E-state index contributed by atoms with van der Waals surface area (Å²) in [7, 11) is 1.63. The number of fused-ring (bicyclic) bond motifs is 1. The first-order valence-corrected chi connectivity index (χ1v) is 10.9. The average molecular weight is 457 g/mol. The molecule has 1 amide bonds. The number of hydrogen-bond donors (Lipinski definition) is 2. The van der Waals surface area contributed by atoms with Crippen molar-refractivity contribution in [3.05, 3.63) is 89.8 Å². The summed E-state index contributed by atoms with van der Waals surface area (Å²) in [4.78, 5) is 26.6. The second-order valence-corrected chi connectivity index (χ2v) is 8.16. The van der Waals surface area contributed by atoms with Gasteiger partial charge in [0.25, 0.3) is 0 Å². The van der Waals surface area contributed by atoms with E-state index in [4.69, 9.17) is 9.72 Å². The predicted molar refractivity (Wildman–Crippen MR) is 127 cm³/mol. The van der Waals surface area contributed by atoms with Crippen molar-refractivity contribution in [3.63, 3.8) is 0 Å². The van der Waals surface area contributed by atoms with Gasteiger partial charge in [-0.3, -0.25) is 0 Å². The molecule has 0 aliphatic carbocycles. The van der Waals surface area contributed by atoms with Gasteiger partial charge in [-0.2, -0.15) is 0 Å². The van der Waals surface area contributed by atoms with Gasteiger partial charge in [0.05, 0.1) is 37.1 Å². The first-order chi connectivity index (χ1) is 16.5. The number of carboxylic acid groups (broad SMARTS) is 1. The third kappa shape index (κ3) is 4.15. The first-order valence-electron chi connectivity index (χ1n) is 10.9. The van der Waals surface area contributed by atoms with E-state index in [0.29, 0.717) is 18.2 Å². The highest BCUT2D eigenvalue weighted by atomic mass is 16.5. The van der Waals surface area contributed by atoms with Crippen LogP contribution in [0.4, 0.5) is 16.4 Å². The van der Waals surface area contributed by atoms with Crippen LogP contribution in [0.5, 0.6) is 5.75 Å². The fourth-order valence-corrected chi connectivity index (χ4v) is 4.23. The number of imidazole rings is 1. The quantitative estimate of drug-likeness (QED) is 0.460. The van der Waals surface area contributed by atoms with Crippen molar-refractivity contribution < 1.29 is 14.6 Å². The van der Waals surface area contributed by atoms with Gasteiger partial charge in [-0.15, -0.1) is 0 Å². The second kappa shape index (κ2) is 8.86. The van der Waals surface area contributed by atoms with Gasteiger partial charge in [0.15, 0.2) is 0 Å². The van der Waals surface area contributed by atoms with Gasteiger partial charge in [0, 0.05) is 42.2 Å². The monoisotopic (exact) mass is 456 g/mol.